The van der Waals surface area contributed by atoms with Crippen LogP contribution in [0.5, 0.6) is 5.88 Å². The molecule has 0 amide bonds. The van der Waals surface area contributed by atoms with Gasteiger partial charge in [0.2, 0.25) is 5.88 Å². The molecule has 1 N–H and O–H groups in total. The first-order valence-corrected chi connectivity index (χ1v) is 4.88. The highest BCUT2D eigenvalue weighted by atomic mass is 16.5. The summed E-state index contributed by atoms with van der Waals surface area (Å²) in [6.07, 6.45) is 2.36. The Hall–Kier alpha value is -1.03. The molecular formula is C10H18N2O2. The normalized spacial score (nSPS) is 10.9. The first kappa shape index (κ1) is 11.0. The molecule has 0 atom stereocenters. The maximum Gasteiger partial charge on any atom is 0.214 e. The summed E-state index contributed by atoms with van der Waals surface area (Å²) in [5.74, 6) is 1.30. The number of methoxy groups -OCH3 is 1. The Morgan fingerprint density at radius 3 is 2.79 bits per heavy atom. The lowest BCUT2D eigenvalue weighted by molar-refractivity contribution is 0.293. The van der Waals surface area contributed by atoms with Gasteiger partial charge in [0.15, 0.2) is 0 Å². The summed E-state index contributed by atoms with van der Waals surface area (Å²) in [6.45, 7) is 5.23. The second-order valence-electron chi connectivity index (χ2n) is 3.73. The van der Waals surface area contributed by atoms with Gasteiger partial charge in [-0.1, -0.05) is 13.8 Å². The quantitative estimate of drug-likeness (QED) is 0.770. The third-order valence-corrected chi connectivity index (χ3v) is 1.97. The highest BCUT2D eigenvalue weighted by Crippen LogP contribution is 2.19. The summed E-state index contributed by atoms with van der Waals surface area (Å²) in [5, 5.41) is 13.1. The smallest absolute Gasteiger partial charge is 0.214 e. The van der Waals surface area contributed by atoms with E-state index in [1.807, 2.05) is 4.68 Å². The predicted octanol–water partition coefficient (Wildman–Crippen LogP) is 1.08. The molecule has 0 aliphatic rings. The molecule has 0 saturated heterocycles. The van der Waals surface area contributed by atoms with Crippen molar-refractivity contribution in [2.24, 2.45) is 5.92 Å². The Morgan fingerprint density at radius 1 is 1.57 bits per heavy atom. The molecular weight excluding hydrogens is 180 g/mol. The summed E-state index contributed by atoms with van der Waals surface area (Å²) < 4.78 is 7.10. The fourth-order valence-corrected chi connectivity index (χ4v) is 1.42. The second kappa shape index (κ2) is 5.00. The molecule has 0 bridgehead atoms. The van der Waals surface area contributed by atoms with Gasteiger partial charge in [0.25, 0.3) is 0 Å². The summed E-state index contributed by atoms with van der Waals surface area (Å²) in [7, 11) is 1.63. The van der Waals surface area contributed by atoms with Gasteiger partial charge in [-0.15, -0.1) is 0 Å². The molecule has 1 rings (SSSR count). The fourth-order valence-electron chi connectivity index (χ4n) is 1.42. The second-order valence-corrected chi connectivity index (χ2v) is 3.73. The molecule has 14 heavy (non-hydrogen) atoms. The minimum Gasteiger partial charge on any atom is -0.481 e. The van der Waals surface area contributed by atoms with Gasteiger partial charge in [-0.05, 0) is 5.92 Å². The summed E-state index contributed by atoms with van der Waals surface area (Å²) in [5.41, 5.74) is 0.968. The van der Waals surface area contributed by atoms with Crippen LogP contribution < -0.4 is 4.74 Å². The van der Waals surface area contributed by atoms with Crippen molar-refractivity contribution < 1.29 is 9.84 Å². The van der Waals surface area contributed by atoms with Crippen molar-refractivity contribution in [2.45, 2.75) is 26.8 Å². The SMILES string of the molecule is COc1c(CCO)cnn1CC(C)C. The van der Waals surface area contributed by atoms with E-state index >= 15 is 0 Å². The summed E-state index contributed by atoms with van der Waals surface area (Å²) >= 11 is 0. The number of nitrogens with zero attached hydrogens (tertiary/aromatic N) is 2. The molecule has 0 spiro atoms. The maximum absolute atomic E-state index is 8.84. The van der Waals surface area contributed by atoms with Crippen molar-refractivity contribution in [2.75, 3.05) is 13.7 Å². The molecule has 0 fully saturated rings. The lowest BCUT2D eigenvalue weighted by atomic mass is 10.2. The summed E-state index contributed by atoms with van der Waals surface area (Å²) in [6, 6.07) is 0. The molecule has 0 unspecified atom stereocenters. The van der Waals surface area contributed by atoms with E-state index in [1.54, 1.807) is 13.3 Å². The molecule has 0 aliphatic heterocycles. The number of aliphatic hydroxyl groups is 1. The molecule has 1 heterocycles. The van der Waals surface area contributed by atoms with Crippen LogP contribution in [0.25, 0.3) is 0 Å². The highest BCUT2D eigenvalue weighted by Gasteiger charge is 2.11. The molecule has 0 aliphatic carbocycles. The van der Waals surface area contributed by atoms with Crippen LogP contribution >= 0.6 is 0 Å². The van der Waals surface area contributed by atoms with Gasteiger partial charge >= 0.3 is 0 Å². The van der Waals surface area contributed by atoms with Gasteiger partial charge in [0.05, 0.1) is 13.3 Å². The van der Waals surface area contributed by atoms with Crippen LogP contribution in [0.15, 0.2) is 6.20 Å². The zero-order valence-electron chi connectivity index (χ0n) is 9.03. The Morgan fingerprint density at radius 2 is 2.29 bits per heavy atom. The van der Waals surface area contributed by atoms with E-state index in [9.17, 15) is 0 Å². The zero-order valence-corrected chi connectivity index (χ0v) is 9.03. The van der Waals surface area contributed by atoms with E-state index in [-0.39, 0.29) is 6.61 Å². The van der Waals surface area contributed by atoms with E-state index in [4.69, 9.17) is 9.84 Å². The van der Waals surface area contributed by atoms with Gasteiger partial charge < -0.3 is 9.84 Å². The van der Waals surface area contributed by atoms with Gasteiger partial charge in [-0.25, -0.2) is 4.68 Å². The zero-order chi connectivity index (χ0) is 10.6. The monoisotopic (exact) mass is 198 g/mol. The fraction of sp³-hybridized carbons (Fsp3) is 0.700. The number of hydrogen-bond donors (Lipinski definition) is 1. The molecule has 0 radical (unpaired) electrons. The van der Waals surface area contributed by atoms with Crippen LogP contribution in [0.1, 0.15) is 19.4 Å². The van der Waals surface area contributed by atoms with Crippen LogP contribution in [-0.4, -0.2) is 28.6 Å². The predicted molar refractivity (Wildman–Crippen MR) is 54.4 cm³/mol. The van der Waals surface area contributed by atoms with Crippen LogP contribution in [0.3, 0.4) is 0 Å². The van der Waals surface area contributed by atoms with Gasteiger partial charge in [0.1, 0.15) is 0 Å². The molecule has 1 aromatic heterocycles. The largest absolute Gasteiger partial charge is 0.481 e. The minimum atomic E-state index is 0.129. The maximum atomic E-state index is 8.84. The third-order valence-electron chi connectivity index (χ3n) is 1.97. The van der Waals surface area contributed by atoms with E-state index in [0.29, 0.717) is 12.3 Å². The molecule has 80 valence electrons. The summed E-state index contributed by atoms with van der Waals surface area (Å²) in [4.78, 5) is 0. The topological polar surface area (TPSA) is 47.3 Å². The Labute approximate surface area is 84.5 Å². The molecule has 0 saturated carbocycles. The lowest BCUT2D eigenvalue weighted by Crippen LogP contribution is -2.08. The van der Waals surface area contributed by atoms with Gasteiger partial charge in [-0.3, -0.25) is 0 Å². The molecule has 1 aromatic rings. The van der Waals surface area contributed by atoms with Gasteiger partial charge in [0, 0.05) is 25.1 Å². The number of aliphatic hydroxyl groups excluding tert-OH is 1. The highest BCUT2D eigenvalue weighted by molar-refractivity contribution is 5.24. The third kappa shape index (κ3) is 2.48. The standard InChI is InChI=1S/C10H18N2O2/c1-8(2)7-12-10(14-3)9(4-5-13)6-11-12/h6,8,13H,4-5,7H2,1-3H3. The van der Waals surface area contributed by atoms with Crippen LogP contribution in [0.4, 0.5) is 0 Å². The van der Waals surface area contributed by atoms with Crippen molar-refractivity contribution in [1.82, 2.24) is 9.78 Å². The number of aromatic nitrogens is 2. The lowest BCUT2D eigenvalue weighted by Gasteiger charge is -2.09. The van der Waals surface area contributed by atoms with E-state index in [2.05, 4.69) is 18.9 Å². The first-order valence-electron chi connectivity index (χ1n) is 4.88. The Balaban J connectivity index is 2.83. The Bertz CT molecular complexity index is 282. The van der Waals surface area contributed by atoms with Crippen molar-refractivity contribution in [1.29, 1.82) is 0 Å². The molecule has 0 aromatic carbocycles. The minimum absolute atomic E-state index is 0.129. The van der Waals surface area contributed by atoms with Crippen molar-refractivity contribution in [3.63, 3.8) is 0 Å². The number of ether oxygens (including phenoxy) is 1. The number of hydrogen-bond acceptors (Lipinski definition) is 3. The molecule has 4 nitrogen and oxygen atoms in total. The Kier molecular flexibility index (Phi) is 3.95. The van der Waals surface area contributed by atoms with E-state index in [1.165, 1.54) is 0 Å². The van der Waals surface area contributed by atoms with Crippen LogP contribution in [-0.2, 0) is 13.0 Å². The van der Waals surface area contributed by atoms with Gasteiger partial charge in [-0.2, -0.15) is 5.10 Å². The van der Waals surface area contributed by atoms with Crippen LogP contribution in [0.2, 0.25) is 0 Å². The average Bonchev–Trinajstić information content (AvgIpc) is 2.47. The first-order chi connectivity index (χ1) is 6.69. The van der Waals surface area contributed by atoms with Crippen LogP contribution in [0, 0.1) is 5.92 Å². The van der Waals surface area contributed by atoms with Crippen molar-refractivity contribution in [3.8, 4) is 5.88 Å². The average molecular weight is 198 g/mol. The number of rotatable bonds is 5. The van der Waals surface area contributed by atoms with E-state index < -0.39 is 0 Å². The van der Waals surface area contributed by atoms with E-state index in [0.717, 1.165) is 18.0 Å². The molecule has 4 heteroatoms. The van der Waals surface area contributed by atoms with Crippen molar-refractivity contribution >= 4 is 0 Å². The van der Waals surface area contributed by atoms with Crippen molar-refractivity contribution in [3.05, 3.63) is 11.8 Å².